The molecule has 0 aromatic carbocycles. The maximum absolute atomic E-state index is 12.4. The largest absolute Gasteiger partial charge is 0.523 e. The Hall–Kier alpha value is -0.420. The third kappa shape index (κ3) is 2.80. The van der Waals surface area contributed by atoms with Crippen LogP contribution in [0.4, 0.5) is 13.2 Å². The molecule has 118 valence electrons. The van der Waals surface area contributed by atoms with Gasteiger partial charge in [0.25, 0.3) is 0 Å². The molecule has 0 amide bonds. The molecule has 0 aromatic heterocycles. The maximum Gasteiger partial charge on any atom is 0.523 e. The lowest BCUT2D eigenvalue weighted by atomic mass is 10.1. The van der Waals surface area contributed by atoms with Crippen LogP contribution < -0.4 is 0 Å². The lowest BCUT2D eigenvalue weighted by molar-refractivity contribution is -0.213. The summed E-state index contributed by atoms with van der Waals surface area (Å²) in [6.45, 7) is 4.73. The smallest absolute Gasteiger partial charge is 0.344 e. The van der Waals surface area contributed by atoms with Gasteiger partial charge in [-0.15, -0.1) is 0 Å². The molecule has 0 N–H and O–H groups in total. The van der Waals surface area contributed by atoms with E-state index in [1.165, 1.54) is 0 Å². The van der Waals surface area contributed by atoms with Crippen molar-refractivity contribution in [3.63, 3.8) is 0 Å². The molecule has 2 saturated heterocycles. The Morgan fingerprint density at radius 2 is 1.85 bits per heavy atom. The zero-order valence-electron chi connectivity index (χ0n) is 11.0. The van der Waals surface area contributed by atoms with E-state index >= 15 is 0 Å². The Labute approximate surface area is 114 Å². The number of ether oxygens (including phenoxy) is 3. The minimum Gasteiger partial charge on any atom is -0.344 e. The molecular formula is C10H15F3O6S. The Morgan fingerprint density at radius 1 is 1.25 bits per heavy atom. The summed E-state index contributed by atoms with van der Waals surface area (Å²) in [5.41, 5.74) is -5.49. The van der Waals surface area contributed by atoms with Gasteiger partial charge in [0, 0.05) is 0 Å². The van der Waals surface area contributed by atoms with E-state index in [-0.39, 0.29) is 6.42 Å². The highest BCUT2D eigenvalue weighted by Crippen LogP contribution is 2.41. The predicted octanol–water partition coefficient (Wildman–Crippen LogP) is 1.51. The zero-order chi connectivity index (χ0) is 15.3. The van der Waals surface area contributed by atoms with Crippen LogP contribution in [-0.2, 0) is 28.5 Å². The predicted molar refractivity (Wildman–Crippen MR) is 58.8 cm³/mol. The van der Waals surface area contributed by atoms with Crippen LogP contribution in [0.2, 0.25) is 0 Å². The van der Waals surface area contributed by atoms with E-state index in [2.05, 4.69) is 4.18 Å². The second-order valence-corrected chi connectivity index (χ2v) is 6.58. The minimum atomic E-state index is -5.72. The lowest BCUT2D eigenvalue weighted by Gasteiger charge is -2.25. The van der Waals surface area contributed by atoms with Gasteiger partial charge < -0.3 is 14.2 Å². The summed E-state index contributed by atoms with van der Waals surface area (Å²) in [6, 6.07) is 0. The van der Waals surface area contributed by atoms with Crippen molar-refractivity contribution in [2.45, 2.75) is 63.1 Å². The van der Waals surface area contributed by atoms with Crippen molar-refractivity contribution in [2.75, 3.05) is 0 Å². The van der Waals surface area contributed by atoms with E-state index in [0.717, 1.165) is 0 Å². The van der Waals surface area contributed by atoms with Crippen LogP contribution in [0.25, 0.3) is 0 Å². The fourth-order valence-electron chi connectivity index (χ4n) is 2.19. The number of hydrogen-bond acceptors (Lipinski definition) is 6. The summed E-state index contributed by atoms with van der Waals surface area (Å²) in [7, 11) is -5.72. The summed E-state index contributed by atoms with van der Waals surface area (Å²) in [4.78, 5) is 0. The van der Waals surface area contributed by atoms with Gasteiger partial charge in [0.05, 0.1) is 6.10 Å². The fraction of sp³-hybridized carbons (Fsp3) is 1.00. The summed E-state index contributed by atoms with van der Waals surface area (Å²) < 4.78 is 79.7. The second-order valence-electron chi connectivity index (χ2n) is 5.01. The molecule has 2 heterocycles. The first kappa shape index (κ1) is 16.0. The molecule has 0 saturated carbocycles. The average molecular weight is 320 g/mol. The molecule has 6 nitrogen and oxygen atoms in total. The standard InChI is InChI=1S/C10H15F3O6S/c1-4-5-6(19-20(14,15)10(11,12)13)7-8(16-5)18-9(2,3)17-7/h5-8H,4H2,1-3H3/t5-,6+,7-,8-/m0/s1. The van der Waals surface area contributed by atoms with Crippen molar-refractivity contribution in [2.24, 2.45) is 0 Å². The molecule has 0 aromatic rings. The number of rotatable bonds is 3. The number of hydrogen-bond donors (Lipinski definition) is 0. The normalized spacial score (nSPS) is 37.1. The quantitative estimate of drug-likeness (QED) is 0.580. The number of halogens is 3. The van der Waals surface area contributed by atoms with Crippen molar-refractivity contribution >= 4 is 10.1 Å². The van der Waals surface area contributed by atoms with Gasteiger partial charge in [0.1, 0.15) is 12.2 Å². The van der Waals surface area contributed by atoms with Crippen LogP contribution >= 0.6 is 0 Å². The molecule has 0 unspecified atom stereocenters. The summed E-state index contributed by atoms with van der Waals surface area (Å²) in [6.07, 6.45) is -3.94. The van der Waals surface area contributed by atoms with Crippen LogP contribution in [0.5, 0.6) is 0 Å². The van der Waals surface area contributed by atoms with Gasteiger partial charge >= 0.3 is 15.6 Å². The molecule has 20 heavy (non-hydrogen) atoms. The van der Waals surface area contributed by atoms with Crippen molar-refractivity contribution in [1.82, 2.24) is 0 Å². The Bertz CT molecular complexity index is 474. The monoisotopic (exact) mass is 320 g/mol. The van der Waals surface area contributed by atoms with Crippen molar-refractivity contribution < 1.29 is 40.0 Å². The highest BCUT2D eigenvalue weighted by molar-refractivity contribution is 7.87. The van der Waals surface area contributed by atoms with Crippen LogP contribution in [0.1, 0.15) is 27.2 Å². The van der Waals surface area contributed by atoms with Crippen LogP contribution in [0.3, 0.4) is 0 Å². The average Bonchev–Trinajstić information content (AvgIpc) is 2.70. The molecule has 2 aliphatic rings. The third-order valence-corrected chi connectivity index (χ3v) is 4.05. The highest BCUT2D eigenvalue weighted by atomic mass is 32.2. The molecule has 0 spiro atoms. The fourth-order valence-corrected chi connectivity index (χ4v) is 2.83. The highest BCUT2D eigenvalue weighted by Gasteiger charge is 2.59. The molecule has 4 atom stereocenters. The molecule has 10 heteroatoms. The Balaban J connectivity index is 2.21. The van der Waals surface area contributed by atoms with Gasteiger partial charge in [-0.3, -0.25) is 4.18 Å². The third-order valence-electron chi connectivity index (χ3n) is 3.01. The summed E-state index contributed by atoms with van der Waals surface area (Å²) in [5.74, 6) is -1.07. The van der Waals surface area contributed by atoms with E-state index in [1.54, 1.807) is 20.8 Å². The summed E-state index contributed by atoms with van der Waals surface area (Å²) in [5, 5.41) is 0. The van der Waals surface area contributed by atoms with Gasteiger partial charge in [0.2, 0.25) is 0 Å². The van der Waals surface area contributed by atoms with Gasteiger partial charge in [-0.2, -0.15) is 21.6 Å². The molecule has 2 aliphatic heterocycles. The van der Waals surface area contributed by atoms with Crippen molar-refractivity contribution in [3.05, 3.63) is 0 Å². The number of fused-ring (bicyclic) bond motifs is 1. The zero-order valence-corrected chi connectivity index (χ0v) is 11.8. The first-order valence-corrected chi connectivity index (χ1v) is 7.38. The van der Waals surface area contributed by atoms with Gasteiger partial charge in [-0.1, -0.05) is 6.92 Å². The summed E-state index contributed by atoms with van der Waals surface area (Å²) >= 11 is 0. The molecule has 2 fully saturated rings. The molecule has 0 radical (unpaired) electrons. The SMILES string of the molecule is CC[C@@H]1O[C@H]2OC(C)(C)O[C@H]2[C@@H]1OS(=O)(=O)C(F)(F)F. The van der Waals surface area contributed by atoms with E-state index in [0.29, 0.717) is 0 Å². The number of alkyl halides is 3. The van der Waals surface area contributed by atoms with E-state index in [1.807, 2.05) is 0 Å². The van der Waals surface area contributed by atoms with Gasteiger partial charge in [-0.05, 0) is 20.3 Å². The molecule has 0 bridgehead atoms. The van der Waals surface area contributed by atoms with Crippen LogP contribution in [0.15, 0.2) is 0 Å². The van der Waals surface area contributed by atoms with Crippen molar-refractivity contribution in [1.29, 1.82) is 0 Å². The second kappa shape index (κ2) is 4.80. The Morgan fingerprint density at radius 3 is 2.35 bits per heavy atom. The van der Waals surface area contributed by atoms with E-state index in [9.17, 15) is 21.6 Å². The molecular weight excluding hydrogens is 305 g/mol. The molecule has 2 rings (SSSR count). The van der Waals surface area contributed by atoms with Crippen LogP contribution in [-0.4, -0.2) is 44.3 Å². The van der Waals surface area contributed by atoms with Crippen molar-refractivity contribution in [3.8, 4) is 0 Å². The van der Waals surface area contributed by atoms with Crippen LogP contribution in [0, 0.1) is 0 Å². The van der Waals surface area contributed by atoms with Gasteiger partial charge in [-0.25, -0.2) is 0 Å². The van der Waals surface area contributed by atoms with Gasteiger partial charge in [0.15, 0.2) is 12.1 Å². The maximum atomic E-state index is 12.4. The topological polar surface area (TPSA) is 71.1 Å². The lowest BCUT2D eigenvalue weighted by Crippen LogP contribution is -2.41. The van der Waals surface area contributed by atoms with E-state index in [4.69, 9.17) is 14.2 Å². The minimum absolute atomic E-state index is 0.262. The molecule has 0 aliphatic carbocycles. The first-order chi connectivity index (χ1) is 8.97. The van der Waals surface area contributed by atoms with E-state index < -0.39 is 46.0 Å². The first-order valence-electron chi connectivity index (χ1n) is 5.97. The Kier molecular flexibility index (Phi) is 3.83.